The minimum absolute atomic E-state index is 0.390. The molecule has 3 aromatic rings. The van der Waals surface area contributed by atoms with Crippen LogP contribution in [-0.4, -0.2) is 18.4 Å². The van der Waals surface area contributed by atoms with Crippen molar-refractivity contribution in [3.05, 3.63) is 102 Å². The van der Waals surface area contributed by atoms with Crippen LogP contribution in [0.4, 0.5) is 5.69 Å². The number of nitrogens with one attached hydrogen (secondary N) is 1. The first kappa shape index (κ1) is 18.4. The molecule has 4 nitrogen and oxygen atoms in total. The predicted molar refractivity (Wildman–Crippen MR) is 107 cm³/mol. The fourth-order valence-electron chi connectivity index (χ4n) is 3.02. The molecule has 136 valence electrons. The highest BCUT2D eigenvalue weighted by Crippen LogP contribution is 2.22. The molecule has 3 rings (SSSR count). The Bertz CT molecular complexity index is 841. The summed E-state index contributed by atoms with van der Waals surface area (Å²) in [6.07, 6.45) is 0. The van der Waals surface area contributed by atoms with Crippen LogP contribution in [0.1, 0.15) is 24.1 Å². The molecular weight excluding hydrogens is 336 g/mol. The average molecular weight is 358 g/mol. The van der Waals surface area contributed by atoms with E-state index in [1.54, 1.807) is 0 Å². The molecule has 0 atom stereocenters. The second-order valence-electron chi connectivity index (χ2n) is 6.11. The highest BCUT2D eigenvalue weighted by molar-refractivity contribution is 6.40. The van der Waals surface area contributed by atoms with Crippen LogP contribution >= 0.6 is 0 Å². The summed E-state index contributed by atoms with van der Waals surface area (Å²) < 4.78 is 0. The molecule has 2 amide bonds. The van der Waals surface area contributed by atoms with Crippen LogP contribution in [0, 0.1) is 0 Å². The summed E-state index contributed by atoms with van der Waals surface area (Å²) in [7, 11) is 0. The molecule has 0 fully saturated rings. The molecule has 0 saturated heterocycles. The minimum Gasteiger partial charge on any atom is -0.337 e. The largest absolute Gasteiger partial charge is 0.337 e. The van der Waals surface area contributed by atoms with Gasteiger partial charge in [-0.3, -0.25) is 9.59 Å². The van der Waals surface area contributed by atoms with Gasteiger partial charge in [-0.1, -0.05) is 78.9 Å². The third-order valence-electron chi connectivity index (χ3n) is 4.36. The zero-order chi connectivity index (χ0) is 19.1. The van der Waals surface area contributed by atoms with E-state index in [2.05, 4.69) is 5.32 Å². The van der Waals surface area contributed by atoms with E-state index < -0.39 is 17.9 Å². The number of anilines is 1. The van der Waals surface area contributed by atoms with Gasteiger partial charge in [-0.25, -0.2) is 0 Å². The van der Waals surface area contributed by atoms with Crippen molar-refractivity contribution < 1.29 is 9.59 Å². The maximum absolute atomic E-state index is 12.8. The second-order valence-corrected chi connectivity index (χ2v) is 6.11. The topological polar surface area (TPSA) is 49.4 Å². The second kappa shape index (κ2) is 8.81. The normalized spacial score (nSPS) is 10.4. The predicted octanol–water partition coefficient (Wildman–Crippen LogP) is 3.95. The Balaban J connectivity index is 1.85. The van der Waals surface area contributed by atoms with Gasteiger partial charge in [0, 0.05) is 12.2 Å². The quantitative estimate of drug-likeness (QED) is 0.702. The van der Waals surface area contributed by atoms with E-state index in [1.165, 1.54) is 4.90 Å². The van der Waals surface area contributed by atoms with E-state index in [-0.39, 0.29) is 0 Å². The molecule has 0 saturated carbocycles. The highest BCUT2D eigenvalue weighted by Gasteiger charge is 2.25. The van der Waals surface area contributed by atoms with Gasteiger partial charge in [-0.2, -0.15) is 0 Å². The zero-order valence-corrected chi connectivity index (χ0v) is 15.2. The average Bonchev–Trinajstić information content (AvgIpc) is 2.74. The van der Waals surface area contributed by atoms with E-state index in [9.17, 15) is 9.59 Å². The van der Waals surface area contributed by atoms with E-state index in [0.29, 0.717) is 12.2 Å². The van der Waals surface area contributed by atoms with Gasteiger partial charge in [0.15, 0.2) is 0 Å². The van der Waals surface area contributed by atoms with Crippen LogP contribution < -0.4 is 10.2 Å². The Morgan fingerprint density at radius 2 is 1.22 bits per heavy atom. The third-order valence-corrected chi connectivity index (χ3v) is 4.36. The molecule has 0 heterocycles. The number of rotatable bonds is 5. The first-order chi connectivity index (χ1) is 13.2. The van der Waals surface area contributed by atoms with Crippen molar-refractivity contribution in [1.29, 1.82) is 0 Å². The third kappa shape index (κ3) is 4.42. The van der Waals surface area contributed by atoms with Gasteiger partial charge < -0.3 is 10.2 Å². The minimum atomic E-state index is -0.626. The molecule has 0 unspecified atom stereocenters. The number of likely N-dealkylation sites (N-methyl/N-ethyl adjacent to an activating group) is 1. The summed E-state index contributed by atoms with van der Waals surface area (Å²) in [5, 5.41) is 2.90. The van der Waals surface area contributed by atoms with Crippen molar-refractivity contribution in [2.45, 2.75) is 13.0 Å². The number of carbonyl (C=O) groups is 2. The summed E-state index contributed by atoms with van der Waals surface area (Å²) in [4.78, 5) is 27.0. The van der Waals surface area contributed by atoms with E-state index in [0.717, 1.165) is 11.1 Å². The molecule has 0 aliphatic heterocycles. The van der Waals surface area contributed by atoms with Crippen LogP contribution in [0.25, 0.3) is 0 Å². The number of carbonyl (C=O) groups excluding carboxylic acids is 2. The Morgan fingerprint density at radius 1 is 0.778 bits per heavy atom. The molecule has 1 N–H and O–H groups in total. The summed E-state index contributed by atoms with van der Waals surface area (Å²) in [5.41, 5.74) is 2.55. The van der Waals surface area contributed by atoms with Gasteiger partial charge in [-0.15, -0.1) is 0 Å². The Morgan fingerprint density at radius 3 is 1.67 bits per heavy atom. The van der Waals surface area contributed by atoms with Crippen molar-refractivity contribution in [3.63, 3.8) is 0 Å². The smallest absolute Gasteiger partial charge is 0.316 e. The van der Waals surface area contributed by atoms with Crippen LogP contribution in [0.5, 0.6) is 0 Å². The molecule has 4 heteroatoms. The number of hydrogen-bond acceptors (Lipinski definition) is 2. The molecular formula is C23H22N2O2. The van der Waals surface area contributed by atoms with Crippen molar-refractivity contribution in [1.82, 2.24) is 5.32 Å². The Kier molecular flexibility index (Phi) is 6.00. The van der Waals surface area contributed by atoms with E-state index >= 15 is 0 Å². The van der Waals surface area contributed by atoms with Crippen molar-refractivity contribution in [3.8, 4) is 0 Å². The van der Waals surface area contributed by atoms with Crippen molar-refractivity contribution >= 4 is 17.5 Å². The van der Waals surface area contributed by atoms with Crippen molar-refractivity contribution in [2.75, 3.05) is 11.4 Å². The lowest BCUT2D eigenvalue weighted by Gasteiger charge is -2.23. The van der Waals surface area contributed by atoms with Crippen LogP contribution in [-0.2, 0) is 9.59 Å². The molecule has 0 bridgehead atoms. The van der Waals surface area contributed by atoms with Gasteiger partial charge in [-0.05, 0) is 30.2 Å². The lowest BCUT2D eigenvalue weighted by Crippen LogP contribution is -2.44. The molecule has 0 aromatic heterocycles. The molecule has 3 aromatic carbocycles. The van der Waals surface area contributed by atoms with Crippen LogP contribution in [0.3, 0.4) is 0 Å². The fourth-order valence-corrected chi connectivity index (χ4v) is 3.02. The number of benzene rings is 3. The molecule has 0 radical (unpaired) electrons. The maximum atomic E-state index is 12.8. The SMILES string of the molecule is CCN(C(=O)C(=O)NC(c1ccccc1)c1ccccc1)c1ccccc1. The standard InChI is InChI=1S/C23H22N2O2/c1-2-25(20-16-10-5-11-17-20)23(27)22(26)24-21(18-12-6-3-7-13-18)19-14-8-4-9-15-19/h3-17,21H,2H2,1H3,(H,24,26). The number of nitrogens with zero attached hydrogens (tertiary/aromatic N) is 1. The summed E-state index contributed by atoms with van der Waals surface area (Å²) >= 11 is 0. The fraction of sp³-hybridized carbons (Fsp3) is 0.130. The molecule has 0 aliphatic carbocycles. The molecule has 0 aliphatic rings. The van der Waals surface area contributed by atoms with Crippen LogP contribution in [0.15, 0.2) is 91.0 Å². The summed E-state index contributed by atoms with van der Waals surface area (Å²) in [5.74, 6) is -1.20. The lowest BCUT2D eigenvalue weighted by atomic mass is 9.98. The van der Waals surface area contributed by atoms with E-state index in [1.807, 2.05) is 97.9 Å². The molecule has 27 heavy (non-hydrogen) atoms. The summed E-state index contributed by atoms with van der Waals surface area (Å²) in [6.45, 7) is 2.27. The first-order valence-electron chi connectivity index (χ1n) is 8.98. The van der Waals surface area contributed by atoms with E-state index in [4.69, 9.17) is 0 Å². The lowest BCUT2D eigenvalue weighted by molar-refractivity contribution is -0.137. The Hall–Kier alpha value is -3.40. The maximum Gasteiger partial charge on any atom is 0.316 e. The van der Waals surface area contributed by atoms with Crippen molar-refractivity contribution in [2.24, 2.45) is 0 Å². The summed E-state index contributed by atoms with van der Waals surface area (Å²) in [6, 6.07) is 28.1. The number of para-hydroxylation sites is 1. The first-order valence-corrected chi connectivity index (χ1v) is 8.98. The number of amides is 2. The van der Waals surface area contributed by atoms with Crippen LogP contribution in [0.2, 0.25) is 0 Å². The van der Waals surface area contributed by atoms with Gasteiger partial charge in [0.25, 0.3) is 0 Å². The van der Waals surface area contributed by atoms with Gasteiger partial charge in [0.05, 0.1) is 6.04 Å². The number of hydrogen-bond donors (Lipinski definition) is 1. The Labute approximate surface area is 159 Å². The van der Waals surface area contributed by atoms with Gasteiger partial charge in [0.1, 0.15) is 0 Å². The van der Waals surface area contributed by atoms with Gasteiger partial charge in [0.2, 0.25) is 0 Å². The monoisotopic (exact) mass is 358 g/mol. The zero-order valence-electron chi connectivity index (χ0n) is 15.2. The van der Waals surface area contributed by atoms with Gasteiger partial charge >= 0.3 is 11.8 Å². The highest BCUT2D eigenvalue weighted by atomic mass is 16.2. The molecule has 0 spiro atoms.